The Labute approximate surface area is 183 Å². The average Bonchev–Trinajstić information content (AvgIpc) is 2.77. The quantitative estimate of drug-likeness (QED) is 0.491. The van der Waals surface area contributed by atoms with Gasteiger partial charge in [-0.3, -0.25) is 9.98 Å². The van der Waals surface area contributed by atoms with E-state index >= 15 is 0 Å². The number of aliphatic imine (C=N–C) groups is 1. The molecule has 3 rings (SSSR count). The normalized spacial score (nSPS) is 11.9. The predicted octanol–water partition coefficient (Wildman–Crippen LogP) is 4.28. The Bertz CT molecular complexity index is 1170. The highest BCUT2D eigenvalue weighted by Crippen LogP contribution is 2.35. The number of nitrogens with zero attached hydrogens (tertiary/aromatic N) is 2. The fourth-order valence-electron chi connectivity index (χ4n) is 3.15. The third kappa shape index (κ3) is 6.60. The van der Waals surface area contributed by atoms with Crippen molar-refractivity contribution in [2.45, 2.75) is 19.9 Å². The van der Waals surface area contributed by atoms with E-state index < -0.39 is 10.0 Å². The van der Waals surface area contributed by atoms with Crippen LogP contribution in [0.5, 0.6) is 0 Å². The van der Waals surface area contributed by atoms with Crippen LogP contribution in [0.4, 0.5) is 5.69 Å². The van der Waals surface area contributed by atoms with Crippen molar-refractivity contribution in [1.82, 2.24) is 10.3 Å². The number of nitrogens with one attached hydrogen (secondary N) is 1. The van der Waals surface area contributed by atoms with E-state index in [0.29, 0.717) is 23.6 Å². The van der Waals surface area contributed by atoms with Crippen LogP contribution in [-0.2, 0) is 16.6 Å². The molecule has 0 fully saturated rings. The van der Waals surface area contributed by atoms with Crippen LogP contribution in [0.1, 0.15) is 24.6 Å². The van der Waals surface area contributed by atoms with Gasteiger partial charge in [-0.15, -0.1) is 0 Å². The minimum atomic E-state index is -3.55. The van der Waals surface area contributed by atoms with Crippen LogP contribution < -0.4 is 10.5 Å². The van der Waals surface area contributed by atoms with Crippen LogP contribution in [0.3, 0.4) is 0 Å². The van der Waals surface area contributed by atoms with Gasteiger partial charge in [0.25, 0.3) is 0 Å². The first-order valence-electron chi connectivity index (χ1n) is 9.89. The summed E-state index contributed by atoms with van der Waals surface area (Å²) in [7, 11) is -3.55. The van der Waals surface area contributed by atoms with E-state index in [9.17, 15) is 8.42 Å². The molecule has 0 aliphatic heterocycles. The summed E-state index contributed by atoms with van der Waals surface area (Å²) in [6, 6.07) is 21.6. The Morgan fingerprint density at radius 3 is 2.48 bits per heavy atom. The van der Waals surface area contributed by atoms with E-state index in [0.717, 1.165) is 22.4 Å². The Balaban J connectivity index is 1.97. The number of sulfonamides is 1. The summed E-state index contributed by atoms with van der Waals surface area (Å²) in [4.78, 5) is 9.05. The van der Waals surface area contributed by atoms with E-state index in [1.165, 1.54) is 0 Å². The Hall–Kier alpha value is -3.29. The molecule has 1 aromatic heterocycles. The summed E-state index contributed by atoms with van der Waals surface area (Å²) in [5.74, 6) is -0.144. The topological polar surface area (TPSA) is 97.4 Å². The molecular formula is C24H26N4O2S. The van der Waals surface area contributed by atoms with Gasteiger partial charge in [0, 0.05) is 29.6 Å². The highest BCUT2D eigenvalue weighted by atomic mass is 32.2. The SMILES string of the molecule is C=C(NCc1ccccn1)c1c(/N=C(\C)CCS(N)(=O)=O)cccc1-c1ccccc1. The van der Waals surface area contributed by atoms with Crippen molar-refractivity contribution in [2.75, 3.05) is 5.75 Å². The zero-order valence-electron chi connectivity index (χ0n) is 17.5. The van der Waals surface area contributed by atoms with Crippen LogP contribution in [0, 0.1) is 0 Å². The first kappa shape index (κ1) is 22.4. The third-order valence-corrected chi connectivity index (χ3v) is 5.47. The third-order valence-electron chi connectivity index (χ3n) is 4.70. The second-order valence-electron chi connectivity index (χ2n) is 7.18. The summed E-state index contributed by atoms with van der Waals surface area (Å²) in [6.07, 6.45) is 2.02. The molecule has 31 heavy (non-hydrogen) atoms. The summed E-state index contributed by atoms with van der Waals surface area (Å²) < 4.78 is 22.6. The molecule has 160 valence electrons. The van der Waals surface area contributed by atoms with Crippen molar-refractivity contribution in [3.63, 3.8) is 0 Å². The highest BCUT2D eigenvalue weighted by molar-refractivity contribution is 7.89. The largest absolute Gasteiger partial charge is 0.379 e. The number of nitrogens with two attached hydrogens (primary N) is 1. The monoisotopic (exact) mass is 434 g/mol. The zero-order valence-corrected chi connectivity index (χ0v) is 18.3. The molecule has 0 saturated carbocycles. The fraction of sp³-hybridized carbons (Fsp3) is 0.167. The van der Waals surface area contributed by atoms with Gasteiger partial charge in [0.15, 0.2) is 0 Å². The zero-order chi connectivity index (χ0) is 22.3. The number of pyridine rings is 1. The standard InChI is InChI=1S/C24H26N4O2S/c1-18(14-16-31(25,29)30)28-23-13-8-12-22(20-9-4-3-5-10-20)24(23)19(2)27-17-21-11-6-7-15-26-21/h3-13,15,27H,2,14,16-17H2,1H3,(H2,25,29,30)/b28-18+. The molecule has 0 aliphatic carbocycles. The Morgan fingerprint density at radius 1 is 1.06 bits per heavy atom. The summed E-state index contributed by atoms with van der Waals surface area (Å²) in [6.45, 7) is 6.58. The lowest BCUT2D eigenvalue weighted by Gasteiger charge is -2.17. The van der Waals surface area contributed by atoms with Crippen LogP contribution in [0.2, 0.25) is 0 Å². The van der Waals surface area contributed by atoms with Gasteiger partial charge in [-0.25, -0.2) is 13.6 Å². The van der Waals surface area contributed by atoms with Crippen LogP contribution in [0.15, 0.2) is 84.5 Å². The maximum absolute atomic E-state index is 11.3. The molecule has 0 atom stereocenters. The van der Waals surface area contributed by atoms with Crippen molar-refractivity contribution in [1.29, 1.82) is 0 Å². The van der Waals surface area contributed by atoms with Crippen molar-refractivity contribution in [3.8, 4) is 11.1 Å². The van der Waals surface area contributed by atoms with E-state index in [4.69, 9.17) is 10.1 Å². The second kappa shape index (κ2) is 10.1. The first-order valence-corrected chi connectivity index (χ1v) is 11.6. The van der Waals surface area contributed by atoms with Gasteiger partial charge in [0.2, 0.25) is 10.0 Å². The van der Waals surface area contributed by atoms with Crippen molar-refractivity contribution < 1.29 is 8.42 Å². The maximum atomic E-state index is 11.3. The number of hydrogen-bond donors (Lipinski definition) is 2. The lowest BCUT2D eigenvalue weighted by atomic mass is 9.96. The fourth-order valence-corrected chi connectivity index (χ4v) is 3.73. The van der Waals surface area contributed by atoms with Crippen LogP contribution in [-0.4, -0.2) is 24.9 Å². The van der Waals surface area contributed by atoms with Crippen LogP contribution >= 0.6 is 0 Å². The van der Waals surface area contributed by atoms with Gasteiger partial charge < -0.3 is 5.32 Å². The first-order chi connectivity index (χ1) is 14.8. The Kier molecular flexibility index (Phi) is 7.33. The molecule has 1 heterocycles. The van der Waals surface area contributed by atoms with Gasteiger partial charge in [-0.2, -0.15) is 0 Å². The molecule has 3 aromatic rings. The molecule has 7 heteroatoms. The minimum absolute atomic E-state index is 0.144. The predicted molar refractivity (Wildman–Crippen MR) is 127 cm³/mol. The van der Waals surface area contributed by atoms with Crippen molar-refractivity contribution in [2.24, 2.45) is 10.1 Å². The van der Waals surface area contributed by atoms with Crippen LogP contribution in [0.25, 0.3) is 16.8 Å². The smallest absolute Gasteiger partial charge is 0.209 e. The molecule has 6 nitrogen and oxygen atoms in total. The molecule has 0 spiro atoms. The number of hydrogen-bond acceptors (Lipinski definition) is 5. The minimum Gasteiger partial charge on any atom is -0.379 e. The molecule has 0 saturated heterocycles. The van der Waals surface area contributed by atoms with E-state index in [1.54, 1.807) is 13.1 Å². The summed E-state index contributed by atoms with van der Waals surface area (Å²) >= 11 is 0. The number of rotatable bonds is 9. The Morgan fingerprint density at radius 2 is 1.81 bits per heavy atom. The van der Waals surface area contributed by atoms with Crippen molar-refractivity contribution in [3.05, 3.63) is 90.8 Å². The summed E-state index contributed by atoms with van der Waals surface area (Å²) in [5, 5.41) is 8.49. The lowest BCUT2D eigenvalue weighted by Crippen LogP contribution is -2.18. The van der Waals surface area contributed by atoms with Gasteiger partial charge in [0.05, 0.1) is 23.7 Å². The highest BCUT2D eigenvalue weighted by Gasteiger charge is 2.14. The molecule has 0 unspecified atom stereocenters. The van der Waals surface area contributed by atoms with Gasteiger partial charge in [-0.1, -0.05) is 55.1 Å². The van der Waals surface area contributed by atoms with E-state index in [1.807, 2.05) is 66.7 Å². The second-order valence-corrected chi connectivity index (χ2v) is 8.92. The molecular weight excluding hydrogens is 408 g/mol. The lowest BCUT2D eigenvalue weighted by molar-refractivity contribution is 0.598. The molecule has 2 aromatic carbocycles. The maximum Gasteiger partial charge on any atom is 0.209 e. The molecule has 0 amide bonds. The average molecular weight is 435 g/mol. The van der Waals surface area contributed by atoms with Gasteiger partial charge >= 0.3 is 0 Å². The summed E-state index contributed by atoms with van der Waals surface area (Å²) in [5.41, 5.74) is 5.89. The van der Waals surface area contributed by atoms with Crippen molar-refractivity contribution >= 4 is 27.1 Å². The van der Waals surface area contributed by atoms with E-state index in [2.05, 4.69) is 16.9 Å². The molecule has 3 N–H and O–H groups in total. The molecule has 0 aliphatic rings. The number of benzene rings is 2. The van der Waals surface area contributed by atoms with E-state index in [-0.39, 0.29) is 12.2 Å². The molecule has 0 radical (unpaired) electrons. The number of primary sulfonamides is 1. The van der Waals surface area contributed by atoms with Gasteiger partial charge in [0.1, 0.15) is 0 Å². The van der Waals surface area contributed by atoms with Gasteiger partial charge in [-0.05, 0) is 36.2 Å². The molecule has 0 bridgehead atoms. The number of aromatic nitrogens is 1.